The number of primary amides is 1. The third kappa shape index (κ3) is 5.40. The van der Waals surface area contributed by atoms with Gasteiger partial charge in [0.1, 0.15) is 0 Å². The fourth-order valence-corrected chi connectivity index (χ4v) is 1.43. The lowest BCUT2D eigenvalue weighted by Gasteiger charge is -2.19. The molecule has 0 aliphatic rings. The Hall–Kier alpha value is -1.06. The second kappa shape index (κ2) is 7.26. The third-order valence-electron chi connectivity index (χ3n) is 2.60. The Morgan fingerprint density at radius 1 is 1.33 bits per heavy atom. The van der Waals surface area contributed by atoms with E-state index in [2.05, 4.69) is 0 Å². The molecule has 0 spiro atoms. The molecule has 0 radical (unpaired) electrons. The minimum absolute atomic E-state index is 0.109. The van der Waals surface area contributed by atoms with Crippen LogP contribution in [0.1, 0.15) is 39.5 Å². The predicted molar refractivity (Wildman–Crippen MR) is 60.1 cm³/mol. The van der Waals surface area contributed by atoms with Gasteiger partial charge in [0.2, 0.25) is 11.8 Å². The van der Waals surface area contributed by atoms with Gasteiger partial charge in [0.15, 0.2) is 0 Å². The van der Waals surface area contributed by atoms with Crippen LogP contribution in [0.25, 0.3) is 0 Å². The summed E-state index contributed by atoms with van der Waals surface area (Å²) in [6, 6.07) is 0. The number of rotatable bonds is 7. The van der Waals surface area contributed by atoms with Gasteiger partial charge in [0.05, 0.1) is 0 Å². The van der Waals surface area contributed by atoms with Crippen molar-refractivity contribution in [3.63, 3.8) is 0 Å². The van der Waals surface area contributed by atoms with Crippen molar-refractivity contribution in [2.24, 2.45) is 11.7 Å². The molecule has 1 unspecified atom stereocenters. The van der Waals surface area contributed by atoms with Gasteiger partial charge in [0.25, 0.3) is 0 Å². The standard InChI is InChI=1S/C11H22N2O2/c1-4-6-10(14)13(3)8-7-9(5-2)11(12)15/h9H,4-8H2,1-3H3,(H2,12,15). The van der Waals surface area contributed by atoms with Gasteiger partial charge in [-0.2, -0.15) is 0 Å². The number of amides is 2. The summed E-state index contributed by atoms with van der Waals surface area (Å²) >= 11 is 0. The van der Waals surface area contributed by atoms with E-state index in [9.17, 15) is 9.59 Å². The van der Waals surface area contributed by atoms with Crippen molar-refractivity contribution in [3.8, 4) is 0 Å². The number of hydrogen-bond donors (Lipinski definition) is 1. The third-order valence-corrected chi connectivity index (χ3v) is 2.60. The van der Waals surface area contributed by atoms with Gasteiger partial charge in [-0.05, 0) is 19.3 Å². The fourth-order valence-electron chi connectivity index (χ4n) is 1.43. The number of nitrogens with two attached hydrogens (primary N) is 1. The zero-order valence-corrected chi connectivity index (χ0v) is 9.95. The van der Waals surface area contributed by atoms with E-state index < -0.39 is 0 Å². The van der Waals surface area contributed by atoms with Crippen molar-refractivity contribution < 1.29 is 9.59 Å². The minimum Gasteiger partial charge on any atom is -0.369 e. The van der Waals surface area contributed by atoms with Crippen molar-refractivity contribution in [1.82, 2.24) is 4.90 Å². The van der Waals surface area contributed by atoms with E-state index in [0.29, 0.717) is 19.4 Å². The molecule has 0 heterocycles. The second-order valence-corrected chi connectivity index (χ2v) is 3.86. The molecule has 15 heavy (non-hydrogen) atoms. The van der Waals surface area contributed by atoms with Crippen LogP contribution >= 0.6 is 0 Å². The second-order valence-electron chi connectivity index (χ2n) is 3.86. The van der Waals surface area contributed by atoms with E-state index in [1.54, 1.807) is 11.9 Å². The molecule has 0 aliphatic carbocycles. The highest BCUT2D eigenvalue weighted by molar-refractivity contribution is 5.77. The van der Waals surface area contributed by atoms with Crippen molar-refractivity contribution >= 4 is 11.8 Å². The lowest BCUT2D eigenvalue weighted by molar-refractivity contribution is -0.131. The van der Waals surface area contributed by atoms with E-state index in [1.165, 1.54) is 0 Å². The first kappa shape index (κ1) is 13.9. The maximum absolute atomic E-state index is 11.4. The quantitative estimate of drug-likeness (QED) is 0.691. The molecule has 0 fully saturated rings. The molecule has 0 aliphatic heterocycles. The minimum atomic E-state index is -0.270. The molecule has 2 amide bonds. The molecule has 0 saturated heterocycles. The molecule has 0 aromatic carbocycles. The number of carbonyl (C=O) groups excluding carboxylic acids is 2. The van der Waals surface area contributed by atoms with Crippen LogP contribution < -0.4 is 5.73 Å². The van der Waals surface area contributed by atoms with Crippen LogP contribution in [0.15, 0.2) is 0 Å². The lowest BCUT2D eigenvalue weighted by Crippen LogP contribution is -2.31. The smallest absolute Gasteiger partial charge is 0.222 e. The Morgan fingerprint density at radius 2 is 1.93 bits per heavy atom. The molecular formula is C11H22N2O2. The Kier molecular flexibility index (Phi) is 6.75. The molecule has 0 aromatic heterocycles. The van der Waals surface area contributed by atoms with Gasteiger partial charge in [-0.3, -0.25) is 9.59 Å². The fraction of sp³-hybridized carbons (Fsp3) is 0.818. The largest absolute Gasteiger partial charge is 0.369 e. The number of hydrogen-bond acceptors (Lipinski definition) is 2. The Balaban J connectivity index is 3.92. The molecule has 0 saturated carbocycles. The summed E-state index contributed by atoms with van der Waals surface area (Å²) in [5, 5.41) is 0. The van der Waals surface area contributed by atoms with Gasteiger partial charge in [-0.1, -0.05) is 13.8 Å². The van der Waals surface area contributed by atoms with Gasteiger partial charge in [-0.15, -0.1) is 0 Å². The summed E-state index contributed by atoms with van der Waals surface area (Å²) in [6.45, 7) is 4.52. The summed E-state index contributed by atoms with van der Waals surface area (Å²) in [6.07, 6.45) is 2.84. The summed E-state index contributed by atoms with van der Waals surface area (Å²) in [5.41, 5.74) is 5.23. The normalized spacial score (nSPS) is 12.2. The molecule has 4 nitrogen and oxygen atoms in total. The first-order valence-corrected chi connectivity index (χ1v) is 5.56. The SMILES string of the molecule is CCCC(=O)N(C)CCC(CC)C(N)=O. The molecule has 0 bridgehead atoms. The van der Waals surface area contributed by atoms with Crippen LogP contribution in [0.4, 0.5) is 0 Å². The van der Waals surface area contributed by atoms with Crippen LogP contribution in [0.5, 0.6) is 0 Å². The Labute approximate surface area is 91.8 Å². The average Bonchev–Trinajstić information content (AvgIpc) is 2.18. The Morgan fingerprint density at radius 3 is 2.33 bits per heavy atom. The Bertz CT molecular complexity index is 217. The maximum Gasteiger partial charge on any atom is 0.222 e. The highest BCUT2D eigenvalue weighted by atomic mass is 16.2. The molecule has 4 heteroatoms. The van der Waals surface area contributed by atoms with E-state index in [0.717, 1.165) is 12.8 Å². The highest BCUT2D eigenvalue weighted by Crippen LogP contribution is 2.08. The van der Waals surface area contributed by atoms with Crippen molar-refractivity contribution in [2.45, 2.75) is 39.5 Å². The maximum atomic E-state index is 11.4. The molecule has 0 aromatic rings. The van der Waals surface area contributed by atoms with E-state index in [-0.39, 0.29) is 17.7 Å². The number of nitrogens with zero attached hydrogens (tertiary/aromatic N) is 1. The monoisotopic (exact) mass is 214 g/mol. The number of carbonyl (C=O) groups is 2. The molecular weight excluding hydrogens is 192 g/mol. The molecule has 2 N–H and O–H groups in total. The first-order valence-electron chi connectivity index (χ1n) is 5.56. The van der Waals surface area contributed by atoms with E-state index >= 15 is 0 Å². The van der Waals surface area contributed by atoms with Crippen LogP contribution in [0.2, 0.25) is 0 Å². The molecule has 88 valence electrons. The predicted octanol–water partition coefficient (Wildman–Crippen LogP) is 1.15. The molecule has 1 atom stereocenters. The van der Waals surface area contributed by atoms with Crippen molar-refractivity contribution in [2.75, 3.05) is 13.6 Å². The summed E-state index contributed by atoms with van der Waals surface area (Å²) in [7, 11) is 1.77. The summed E-state index contributed by atoms with van der Waals surface area (Å²) in [5.74, 6) is -0.243. The van der Waals surface area contributed by atoms with E-state index in [1.807, 2.05) is 13.8 Å². The van der Waals surface area contributed by atoms with Gasteiger partial charge in [-0.25, -0.2) is 0 Å². The van der Waals surface area contributed by atoms with Crippen molar-refractivity contribution in [3.05, 3.63) is 0 Å². The zero-order valence-electron chi connectivity index (χ0n) is 9.95. The topological polar surface area (TPSA) is 63.4 Å². The van der Waals surface area contributed by atoms with Crippen molar-refractivity contribution in [1.29, 1.82) is 0 Å². The van der Waals surface area contributed by atoms with Crippen LogP contribution in [0.3, 0.4) is 0 Å². The van der Waals surface area contributed by atoms with Gasteiger partial charge < -0.3 is 10.6 Å². The summed E-state index contributed by atoms with van der Waals surface area (Å²) in [4.78, 5) is 24.1. The van der Waals surface area contributed by atoms with Crippen LogP contribution in [0, 0.1) is 5.92 Å². The zero-order chi connectivity index (χ0) is 11.8. The van der Waals surface area contributed by atoms with Crippen LogP contribution in [-0.2, 0) is 9.59 Å². The molecule has 0 rings (SSSR count). The van der Waals surface area contributed by atoms with Crippen LogP contribution in [-0.4, -0.2) is 30.3 Å². The van der Waals surface area contributed by atoms with E-state index in [4.69, 9.17) is 5.73 Å². The van der Waals surface area contributed by atoms with Gasteiger partial charge >= 0.3 is 0 Å². The van der Waals surface area contributed by atoms with Gasteiger partial charge in [0, 0.05) is 25.9 Å². The highest BCUT2D eigenvalue weighted by Gasteiger charge is 2.15. The first-order chi connectivity index (χ1) is 7.02. The lowest BCUT2D eigenvalue weighted by atomic mass is 10.0. The summed E-state index contributed by atoms with van der Waals surface area (Å²) < 4.78 is 0. The average molecular weight is 214 g/mol.